The van der Waals surface area contributed by atoms with Gasteiger partial charge in [-0.3, -0.25) is 4.79 Å². The summed E-state index contributed by atoms with van der Waals surface area (Å²) in [6, 6.07) is 0.742. The molecular weight excluding hydrogens is 284 g/mol. The Kier molecular flexibility index (Phi) is 6.82. The molecule has 0 saturated carbocycles. The van der Waals surface area contributed by atoms with Crippen LogP contribution in [0.4, 0.5) is 0 Å². The predicted octanol–water partition coefficient (Wildman–Crippen LogP) is 2.32. The number of aromatic nitrogens is 2. The van der Waals surface area contributed by atoms with E-state index in [1.54, 1.807) is 13.0 Å². The zero-order valence-corrected chi connectivity index (χ0v) is 13.8. The smallest absolute Gasteiger partial charge is 0.330 e. The highest BCUT2D eigenvalue weighted by Crippen LogP contribution is 2.17. The molecular formula is C16H24N2O4. The second-order valence-corrected chi connectivity index (χ2v) is 5.42. The van der Waals surface area contributed by atoms with Crippen LogP contribution in [0.3, 0.4) is 0 Å². The number of nitrogens with zero attached hydrogens (tertiary/aromatic N) is 2. The van der Waals surface area contributed by atoms with Crippen LogP contribution in [-0.4, -0.2) is 29.5 Å². The molecule has 1 aromatic rings. The second kappa shape index (κ2) is 8.36. The molecule has 22 heavy (non-hydrogen) atoms. The fourth-order valence-corrected chi connectivity index (χ4v) is 2.04. The van der Waals surface area contributed by atoms with Gasteiger partial charge >= 0.3 is 5.97 Å². The van der Waals surface area contributed by atoms with Crippen LogP contribution in [0.5, 0.6) is 0 Å². The lowest BCUT2D eigenvalue weighted by molar-refractivity contribution is -0.145. The van der Waals surface area contributed by atoms with Crippen molar-refractivity contribution in [2.45, 2.75) is 40.2 Å². The van der Waals surface area contributed by atoms with Crippen molar-refractivity contribution in [1.29, 1.82) is 0 Å². The topological polar surface area (TPSA) is 70.4 Å². The molecule has 0 aliphatic carbocycles. The molecule has 0 N–H and O–H groups in total. The Morgan fingerprint density at radius 1 is 1.45 bits per heavy atom. The van der Waals surface area contributed by atoms with E-state index in [0.717, 1.165) is 5.56 Å². The number of hydrogen-bond acceptors (Lipinski definition) is 5. The molecule has 0 fully saturated rings. The van der Waals surface area contributed by atoms with E-state index >= 15 is 0 Å². The van der Waals surface area contributed by atoms with Gasteiger partial charge in [0.15, 0.2) is 6.04 Å². The van der Waals surface area contributed by atoms with E-state index in [4.69, 9.17) is 9.47 Å². The van der Waals surface area contributed by atoms with E-state index < -0.39 is 12.0 Å². The van der Waals surface area contributed by atoms with Crippen molar-refractivity contribution in [2.24, 2.45) is 5.92 Å². The quantitative estimate of drug-likeness (QED) is 0.571. The van der Waals surface area contributed by atoms with Gasteiger partial charge in [-0.2, -0.15) is 5.10 Å². The van der Waals surface area contributed by atoms with Gasteiger partial charge in [-0.1, -0.05) is 13.8 Å². The van der Waals surface area contributed by atoms with Crippen LogP contribution in [0.15, 0.2) is 17.1 Å². The van der Waals surface area contributed by atoms with E-state index in [1.165, 1.54) is 24.1 Å². The molecule has 122 valence electrons. The van der Waals surface area contributed by atoms with Crippen molar-refractivity contribution < 1.29 is 14.3 Å². The molecule has 1 atom stereocenters. The summed E-state index contributed by atoms with van der Waals surface area (Å²) < 4.78 is 11.2. The van der Waals surface area contributed by atoms with Crippen molar-refractivity contribution in [3.05, 3.63) is 33.9 Å². The third-order valence-electron chi connectivity index (χ3n) is 3.14. The lowest BCUT2D eigenvalue weighted by Crippen LogP contribution is -2.34. The minimum atomic E-state index is -0.725. The van der Waals surface area contributed by atoms with Gasteiger partial charge in [-0.25, -0.2) is 9.48 Å². The van der Waals surface area contributed by atoms with Crippen LogP contribution in [0.2, 0.25) is 0 Å². The van der Waals surface area contributed by atoms with E-state index in [2.05, 4.69) is 5.10 Å². The Morgan fingerprint density at radius 3 is 2.68 bits per heavy atom. The Morgan fingerprint density at radius 2 is 2.14 bits per heavy atom. The average Bonchev–Trinajstić information content (AvgIpc) is 2.46. The third kappa shape index (κ3) is 4.72. The maximum absolute atomic E-state index is 12.2. The fourth-order valence-electron chi connectivity index (χ4n) is 2.04. The van der Waals surface area contributed by atoms with E-state index in [9.17, 15) is 9.59 Å². The summed E-state index contributed by atoms with van der Waals surface area (Å²) in [6.07, 6.45) is 3.69. The number of hydrogen-bond donors (Lipinski definition) is 0. The summed E-state index contributed by atoms with van der Waals surface area (Å²) in [5.41, 5.74) is 0.998. The summed E-state index contributed by atoms with van der Waals surface area (Å²) in [5, 5.41) is 4.30. The summed E-state index contributed by atoms with van der Waals surface area (Å²) in [4.78, 5) is 24.2. The molecule has 1 rings (SSSR count). The van der Waals surface area contributed by atoms with E-state index in [0.29, 0.717) is 18.7 Å². The second-order valence-electron chi connectivity index (χ2n) is 5.42. The molecule has 6 heteroatoms. The van der Waals surface area contributed by atoms with Gasteiger partial charge < -0.3 is 9.47 Å². The van der Waals surface area contributed by atoms with E-state index in [-0.39, 0.29) is 11.5 Å². The van der Waals surface area contributed by atoms with Crippen molar-refractivity contribution in [1.82, 2.24) is 9.78 Å². The SMILES string of the molecule is CCOC=Cc1nn(C(CC(C)C)C(=O)OC)c(=O)cc1C. The summed E-state index contributed by atoms with van der Waals surface area (Å²) in [7, 11) is 1.31. The molecule has 1 aromatic heterocycles. The highest BCUT2D eigenvalue weighted by atomic mass is 16.5. The minimum Gasteiger partial charge on any atom is -0.501 e. The largest absolute Gasteiger partial charge is 0.501 e. The number of ether oxygens (including phenoxy) is 2. The van der Waals surface area contributed by atoms with E-state index in [1.807, 2.05) is 20.8 Å². The number of carbonyl (C=O) groups excluding carboxylic acids is 1. The zero-order chi connectivity index (χ0) is 16.7. The van der Waals surface area contributed by atoms with Crippen LogP contribution < -0.4 is 5.56 Å². The number of esters is 1. The first kappa shape index (κ1) is 17.9. The first-order valence-corrected chi connectivity index (χ1v) is 7.37. The molecule has 0 bridgehead atoms. The van der Waals surface area contributed by atoms with Crippen molar-refractivity contribution >= 4 is 12.0 Å². The highest BCUT2D eigenvalue weighted by Gasteiger charge is 2.25. The molecule has 0 spiro atoms. The number of methoxy groups -OCH3 is 1. The van der Waals surface area contributed by atoms with Crippen LogP contribution >= 0.6 is 0 Å². The monoisotopic (exact) mass is 308 g/mol. The number of carbonyl (C=O) groups is 1. The summed E-state index contributed by atoms with van der Waals surface area (Å²) in [5.74, 6) is -0.242. The Hall–Kier alpha value is -2.11. The molecule has 0 radical (unpaired) electrons. The average molecular weight is 308 g/mol. The maximum atomic E-state index is 12.2. The van der Waals surface area contributed by atoms with Gasteiger partial charge in [0, 0.05) is 12.1 Å². The van der Waals surface area contributed by atoms with Crippen molar-refractivity contribution in [3.63, 3.8) is 0 Å². The lowest BCUT2D eigenvalue weighted by Gasteiger charge is -2.19. The van der Waals surface area contributed by atoms with Crippen LogP contribution in [0.1, 0.15) is 44.5 Å². The van der Waals surface area contributed by atoms with Crippen molar-refractivity contribution in [3.8, 4) is 0 Å². The minimum absolute atomic E-state index is 0.224. The van der Waals surface area contributed by atoms with Gasteiger partial charge in [0.05, 0.1) is 25.7 Å². The molecule has 0 aliphatic rings. The van der Waals surface area contributed by atoms with Crippen LogP contribution in [-0.2, 0) is 14.3 Å². The van der Waals surface area contributed by atoms with Gasteiger partial charge in [-0.15, -0.1) is 0 Å². The molecule has 1 heterocycles. The van der Waals surface area contributed by atoms with Gasteiger partial charge in [-0.05, 0) is 31.7 Å². The zero-order valence-electron chi connectivity index (χ0n) is 13.8. The number of aryl methyl sites for hydroxylation is 1. The Bertz CT molecular complexity index is 590. The van der Waals surface area contributed by atoms with Gasteiger partial charge in [0.1, 0.15) is 0 Å². The Labute approximate surface area is 130 Å². The third-order valence-corrected chi connectivity index (χ3v) is 3.14. The molecule has 0 aromatic carbocycles. The molecule has 0 amide bonds. The first-order chi connectivity index (χ1) is 10.4. The van der Waals surface area contributed by atoms with Crippen LogP contribution in [0, 0.1) is 12.8 Å². The first-order valence-electron chi connectivity index (χ1n) is 7.37. The Balaban J connectivity index is 3.27. The summed E-state index contributed by atoms with van der Waals surface area (Å²) in [6.45, 7) is 8.17. The normalized spacial score (nSPS) is 12.6. The van der Waals surface area contributed by atoms with Gasteiger partial charge in [0.25, 0.3) is 5.56 Å². The fraction of sp³-hybridized carbons (Fsp3) is 0.562. The number of rotatable bonds is 7. The van der Waals surface area contributed by atoms with Crippen LogP contribution in [0.25, 0.3) is 6.08 Å². The standard InChI is InChI=1S/C16H24N2O4/c1-6-22-8-7-13-12(4)10-15(19)18(17-13)14(9-11(2)3)16(20)21-5/h7-8,10-11,14H,6,9H2,1-5H3. The van der Waals surface area contributed by atoms with Crippen molar-refractivity contribution in [2.75, 3.05) is 13.7 Å². The predicted molar refractivity (Wildman–Crippen MR) is 84.4 cm³/mol. The molecule has 0 saturated heterocycles. The molecule has 1 unspecified atom stereocenters. The lowest BCUT2D eigenvalue weighted by atomic mass is 10.0. The molecule has 0 aliphatic heterocycles. The summed E-state index contributed by atoms with van der Waals surface area (Å²) >= 11 is 0. The maximum Gasteiger partial charge on any atom is 0.330 e. The molecule has 6 nitrogen and oxygen atoms in total. The highest BCUT2D eigenvalue weighted by molar-refractivity contribution is 5.74. The van der Waals surface area contributed by atoms with Gasteiger partial charge in [0.2, 0.25) is 0 Å².